The molecule has 0 spiro atoms. The molecule has 3 aromatic carbocycles. The third-order valence-electron chi connectivity index (χ3n) is 11.3. The molecule has 20 nitrogen and oxygen atoms in total. The van der Waals surface area contributed by atoms with Crippen molar-refractivity contribution >= 4 is 67.1 Å². The number of ether oxygens (including phenoxy) is 1. The second kappa shape index (κ2) is 27.4. The Kier molecular flexibility index (Phi) is 20.6. The SMILES string of the molecule is O=C(CCCCNC(=O)C(CS(=O)(=O)[O-])NC(=O)C1CCCN1c1ccnc2c1ccc1cccnc12)NCCOCCN1C(=O)C=CC1=O.[Ir].[c-]1ccccc1-n1cccn1.[c-]1ccccc1-n1cccn1. The number of hydrogen-bond acceptors (Lipinski definition) is 14. The minimum absolute atomic E-state index is 0. The van der Waals surface area contributed by atoms with Crippen molar-refractivity contribution in [1.82, 2.24) is 50.4 Å². The number of nitrogens with one attached hydrogen (secondary N) is 3. The summed E-state index contributed by atoms with van der Waals surface area (Å²) in [5.41, 5.74) is 4.08. The molecular weight excluding hydrogens is 1130 g/mol. The number of carbonyl (C=O) groups is 5. The van der Waals surface area contributed by atoms with E-state index >= 15 is 0 Å². The van der Waals surface area contributed by atoms with Crippen molar-refractivity contribution in [2.45, 2.75) is 44.2 Å². The summed E-state index contributed by atoms with van der Waals surface area (Å²) >= 11 is 0. The molecule has 22 heteroatoms. The smallest absolute Gasteiger partial charge is 0.253 e. The Labute approximate surface area is 435 Å². The van der Waals surface area contributed by atoms with Gasteiger partial charge in [-0.3, -0.25) is 48.2 Å². The van der Waals surface area contributed by atoms with E-state index in [4.69, 9.17) is 4.74 Å². The standard InChI is InChI=1S/C33H39N7O9S.2C9H7N2.Ir/c41-27(34-16-19-49-20-18-40-28(42)10-11-29(40)43)7-1-2-13-37-32(44)24(21-50(46,47)48)38-33(45)26-6-4-17-39(26)25-12-15-36-31-23(25)9-8-22-5-3-14-35-30(22)31;2*1-2-5-9(6-3-1)11-8-4-7-10-11;/h3,5,8-12,14-15,24,26H,1-2,4,6-7,13,16-21H2,(H,34,41)(H,37,44)(H,38,45)(H,46,47,48);2*1-5,7-8H;/q;2*-1;/p-1. The molecule has 0 aliphatic carbocycles. The number of hydrogen-bond donors (Lipinski definition) is 3. The van der Waals surface area contributed by atoms with Crippen LogP contribution in [0.4, 0.5) is 5.69 Å². The average Bonchev–Trinajstić information content (AvgIpc) is 4.26. The van der Waals surface area contributed by atoms with Gasteiger partial charge in [-0.2, -0.15) is 58.7 Å². The molecule has 4 aromatic heterocycles. The van der Waals surface area contributed by atoms with Gasteiger partial charge in [0.2, 0.25) is 17.7 Å². The first kappa shape index (κ1) is 54.8. The van der Waals surface area contributed by atoms with Crippen molar-refractivity contribution in [1.29, 1.82) is 0 Å². The summed E-state index contributed by atoms with van der Waals surface area (Å²) in [5.74, 6) is -3.53. The number of imide groups is 1. The molecule has 2 unspecified atom stereocenters. The van der Waals surface area contributed by atoms with Crippen molar-refractivity contribution in [2.75, 3.05) is 50.0 Å². The Balaban J connectivity index is 0.000000305. The van der Waals surface area contributed by atoms with Crippen LogP contribution in [0.15, 0.2) is 140 Å². The number of unbranched alkanes of at least 4 members (excludes halogenated alkanes) is 1. The summed E-state index contributed by atoms with van der Waals surface area (Å²) in [5, 5.41) is 17.6. The molecule has 0 saturated carbocycles. The van der Waals surface area contributed by atoms with E-state index in [1.165, 1.54) is 12.2 Å². The zero-order valence-electron chi connectivity index (χ0n) is 39.4. The van der Waals surface area contributed by atoms with Crippen LogP contribution >= 0.6 is 0 Å². The normalized spacial score (nSPS) is 14.4. The molecule has 1 saturated heterocycles. The van der Waals surface area contributed by atoms with E-state index < -0.39 is 51.6 Å². The molecule has 0 bridgehead atoms. The maximum atomic E-state index is 13.5. The number of anilines is 1. The monoisotopic (exact) mass is 1190 g/mol. The van der Waals surface area contributed by atoms with E-state index in [1.54, 1.807) is 40.2 Å². The van der Waals surface area contributed by atoms with Gasteiger partial charge in [0.25, 0.3) is 11.8 Å². The molecule has 1 radical (unpaired) electrons. The maximum absolute atomic E-state index is 13.5. The summed E-state index contributed by atoms with van der Waals surface area (Å²) in [6.45, 7) is 1.30. The second-order valence-corrected chi connectivity index (χ2v) is 17.7. The third-order valence-corrected chi connectivity index (χ3v) is 12.0. The van der Waals surface area contributed by atoms with Gasteiger partial charge in [-0.25, -0.2) is 8.42 Å². The number of carbonyl (C=O) groups excluding carboxylic acids is 5. The number of amides is 5. The fourth-order valence-electron chi connectivity index (χ4n) is 7.85. The van der Waals surface area contributed by atoms with Crippen LogP contribution < -0.4 is 20.9 Å². The predicted octanol–water partition coefficient (Wildman–Crippen LogP) is 3.47. The van der Waals surface area contributed by atoms with Crippen LogP contribution in [0.2, 0.25) is 0 Å². The first-order valence-corrected chi connectivity index (χ1v) is 24.7. The van der Waals surface area contributed by atoms with Gasteiger partial charge in [-0.15, -0.1) is 12.1 Å². The Hall–Kier alpha value is -7.49. The molecule has 73 heavy (non-hydrogen) atoms. The van der Waals surface area contributed by atoms with Crippen LogP contribution in [0.5, 0.6) is 0 Å². The molecule has 1 fully saturated rings. The van der Waals surface area contributed by atoms with Crippen LogP contribution in [-0.2, 0) is 58.9 Å². The first-order valence-electron chi connectivity index (χ1n) is 23.2. The van der Waals surface area contributed by atoms with Gasteiger partial charge in [0.15, 0.2) is 0 Å². The third kappa shape index (κ3) is 16.0. The number of aromatic nitrogens is 6. The van der Waals surface area contributed by atoms with Gasteiger partial charge >= 0.3 is 0 Å². The van der Waals surface area contributed by atoms with E-state index in [-0.39, 0.29) is 65.3 Å². The number of rotatable bonds is 19. The van der Waals surface area contributed by atoms with Gasteiger partial charge in [0.05, 0.1) is 46.7 Å². The second-order valence-electron chi connectivity index (χ2n) is 16.3. The van der Waals surface area contributed by atoms with E-state index in [0.29, 0.717) is 37.7 Å². The van der Waals surface area contributed by atoms with Crippen molar-refractivity contribution < 1.29 is 61.8 Å². The molecule has 2 atom stereocenters. The fraction of sp³-hybridized carbons (Fsp3) is 0.275. The summed E-state index contributed by atoms with van der Waals surface area (Å²) in [7, 11) is -4.88. The number of fused-ring (bicyclic) bond motifs is 3. The van der Waals surface area contributed by atoms with Crippen molar-refractivity contribution in [2.24, 2.45) is 0 Å². The van der Waals surface area contributed by atoms with Crippen LogP contribution in [-0.4, -0.2) is 134 Å². The summed E-state index contributed by atoms with van der Waals surface area (Å²) in [6, 6.07) is 32.5. The van der Waals surface area contributed by atoms with Crippen LogP contribution in [0.1, 0.15) is 32.1 Å². The van der Waals surface area contributed by atoms with Crippen molar-refractivity contribution in [3.05, 3.63) is 152 Å². The van der Waals surface area contributed by atoms with Crippen LogP contribution in [0.25, 0.3) is 33.2 Å². The molecule has 7 aromatic rings. The Bertz CT molecular complexity index is 2970. The van der Waals surface area contributed by atoms with Crippen LogP contribution in [0.3, 0.4) is 0 Å². The Morgan fingerprint density at radius 3 is 2.08 bits per heavy atom. The van der Waals surface area contributed by atoms with E-state index in [9.17, 15) is 36.9 Å². The fourth-order valence-corrected chi connectivity index (χ4v) is 8.50. The van der Waals surface area contributed by atoms with E-state index in [2.05, 4.69) is 48.2 Å². The number of nitrogens with zero attached hydrogens (tertiary/aromatic N) is 8. The molecule has 5 amide bonds. The summed E-state index contributed by atoms with van der Waals surface area (Å²) in [6.07, 6.45) is 15.1. The minimum Gasteiger partial charge on any atom is -0.748 e. The van der Waals surface area contributed by atoms with Crippen LogP contribution in [0, 0.1) is 12.1 Å². The number of para-hydroxylation sites is 2. The molecule has 3 N–H and O–H groups in total. The van der Waals surface area contributed by atoms with E-state index in [1.807, 2.05) is 102 Å². The van der Waals surface area contributed by atoms with Gasteiger partial charge in [-0.1, -0.05) is 12.1 Å². The van der Waals surface area contributed by atoms with Gasteiger partial charge in [0, 0.05) is 112 Å². The Morgan fingerprint density at radius 1 is 0.767 bits per heavy atom. The maximum Gasteiger partial charge on any atom is 0.253 e. The predicted molar refractivity (Wildman–Crippen MR) is 265 cm³/mol. The average molecular weight is 1190 g/mol. The van der Waals surface area contributed by atoms with E-state index in [0.717, 1.165) is 38.3 Å². The van der Waals surface area contributed by atoms with Crippen molar-refractivity contribution in [3.8, 4) is 11.4 Å². The molecule has 2 aliphatic heterocycles. The zero-order valence-corrected chi connectivity index (χ0v) is 42.6. The number of pyridine rings is 2. The molecule has 6 heterocycles. The molecule has 2 aliphatic rings. The zero-order chi connectivity index (χ0) is 50.7. The largest absolute Gasteiger partial charge is 0.748 e. The minimum atomic E-state index is -4.88. The first-order chi connectivity index (χ1) is 34.9. The molecule has 9 rings (SSSR count). The molecule has 383 valence electrons. The molecular formula is C51H52IrN11O9S-3. The Morgan fingerprint density at radius 2 is 1.45 bits per heavy atom. The summed E-state index contributed by atoms with van der Waals surface area (Å²) in [4.78, 5) is 73.5. The van der Waals surface area contributed by atoms with Gasteiger partial charge < -0.3 is 30.1 Å². The quantitative estimate of drug-likeness (QED) is 0.0345. The summed E-state index contributed by atoms with van der Waals surface area (Å²) < 4.78 is 43.9. The van der Waals surface area contributed by atoms with Gasteiger partial charge in [-0.05, 0) is 67.4 Å². The number of benzene rings is 3. The van der Waals surface area contributed by atoms with Crippen molar-refractivity contribution in [3.63, 3.8) is 0 Å². The van der Waals surface area contributed by atoms with Gasteiger partial charge in [0.1, 0.15) is 12.1 Å². The topological polar surface area (TPSA) is 256 Å².